The maximum absolute atomic E-state index is 9.17. The van der Waals surface area contributed by atoms with Crippen molar-refractivity contribution in [2.45, 2.75) is 39.2 Å². The zero-order chi connectivity index (χ0) is 12.4. The second kappa shape index (κ2) is 5.19. The molecule has 0 spiro atoms. The Kier molecular flexibility index (Phi) is 3.84. The molecule has 1 aromatic heterocycles. The third kappa shape index (κ3) is 2.38. The summed E-state index contributed by atoms with van der Waals surface area (Å²) in [6.45, 7) is 4.71. The van der Waals surface area contributed by atoms with Crippen LogP contribution in [-0.2, 0) is 0 Å². The first-order valence-electron chi connectivity index (χ1n) is 6.02. The lowest BCUT2D eigenvalue weighted by molar-refractivity contribution is 0.282. The lowest BCUT2D eigenvalue weighted by atomic mass is 9.91. The standard InChI is InChI=1S/C12H18ClN3O/c1-8-9(2)12(15-14-11(8)13)16(6-7-17)10-4-3-5-10/h10,17H,3-7H2,1-2H3. The van der Waals surface area contributed by atoms with Crippen molar-refractivity contribution in [3.8, 4) is 0 Å². The summed E-state index contributed by atoms with van der Waals surface area (Å²) in [6, 6.07) is 0.496. The summed E-state index contributed by atoms with van der Waals surface area (Å²) >= 11 is 5.95. The van der Waals surface area contributed by atoms with Crippen LogP contribution in [0.25, 0.3) is 0 Å². The van der Waals surface area contributed by atoms with E-state index in [-0.39, 0.29) is 6.61 Å². The molecule has 1 aliphatic carbocycles. The summed E-state index contributed by atoms with van der Waals surface area (Å²) in [5.41, 5.74) is 2.03. The molecule has 0 atom stereocenters. The summed E-state index contributed by atoms with van der Waals surface area (Å²) in [5, 5.41) is 17.8. The first-order chi connectivity index (χ1) is 8.15. The minimum atomic E-state index is 0.138. The Morgan fingerprint density at radius 1 is 1.29 bits per heavy atom. The molecule has 0 amide bonds. The van der Waals surface area contributed by atoms with Gasteiger partial charge in [-0.1, -0.05) is 11.6 Å². The first kappa shape index (κ1) is 12.6. The van der Waals surface area contributed by atoms with Gasteiger partial charge in [-0.15, -0.1) is 10.2 Å². The summed E-state index contributed by atoms with van der Waals surface area (Å²) in [7, 11) is 0. The van der Waals surface area contributed by atoms with Crippen LogP contribution in [0.5, 0.6) is 0 Å². The van der Waals surface area contributed by atoms with Gasteiger partial charge < -0.3 is 10.0 Å². The van der Waals surface area contributed by atoms with E-state index >= 15 is 0 Å². The Bertz CT molecular complexity index is 407. The summed E-state index contributed by atoms with van der Waals surface area (Å²) in [5.74, 6) is 0.866. The van der Waals surface area contributed by atoms with E-state index in [1.807, 2.05) is 13.8 Å². The summed E-state index contributed by atoms with van der Waals surface area (Å²) in [6.07, 6.45) is 3.59. The van der Waals surface area contributed by atoms with E-state index in [4.69, 9.17) is 16.7 Å². The Morgan fingerprint density at radius 3 is 2.53 bits per heavy atom. The van der Waals surface area contributed by atoms with Crippen molar-refractivity contribution in [2.75, 3.05) is 18.1 Å². The Labute approximate surface area is 107 Å². The van der Waals surface area contributed by atoms with Crippen molar-refractivity contribution in [2.24, 2.45) is 0 Å². The molecule has 5 heteroatoms. The highest BCUT2D eigenvalue weighted by Gasteiger charge is 2.27. The summed E-state index contributed by atoms with van der Waals surface area (Å²) < 4.78 is 0. The zero-order valence-electron chi connectivity index (χ0n) is 10.3. The highest BCUT2D eigenvalue weighted by molar-refractivity contribution is 6.30. The van der Waals surface area contributed by atoms with Crippen LogP contribution in [-0.4, -0.2) is 34.5 Å². The minimum Gasteiger partial charge on any atom is -0.395 e. The molecule has 94 valence electrons. The van der Waals surface area contributed by atoms with Gasteiger partial charge in [-0.2, -0.15) is 0 Å². The van der Waals surface area contributed by atoms with Crippen LogP contribution >= 0.6 is 11.6 Å². The van der Waals surface area contributed by atoms with E-state index in [0.29, 0.717) is 17.7 Å². The fraction of sp³-hybridized carbons (Fsp3) is 0.667. The molecule has 0 saturated heterocycles. The van der Waals surface area contributed by atoms with Crippen molar-refractivity contribution in [1.82, 2.24) is 10.2 Å². The molecule has 17 heavy (non-hydrogen) atoms. The maximum Gasteiger partial charge on any atom is 0.155 e. The van der Waals surface area contributed by atoms with Crippen LogP contribution in [0.2, 0.25) is 5.15 Å². The van der Waals surface area contributed by atoms with Gasteiger partial charge in [0.15, 0.2) is 11.0 Å². The van der Waals surface area contributed by atoms with E-state index in [1.54, 1.807) is 0 Å². The number of anilines is 1. The van der Waals surface area contributed by atoms with Crippen LogP contribution < -0.4 is 4.90 Å². The minimum absolute atomic E-state index is 0.138. The molecule has 0 unspecified atom stereocenters. The van der Waals surface area contributed by atoms with Crippen molar-refractivity contribution in [3.05, 3.63) is 16.3 Å². The van der Waals surface area contributed by atoms with Gasteiger partial charge in [0, 0.05) is 12.6 Å². The predicted octanol–water partition coefficient (Wildman–Crippen LogP) is 2.10. The quantitative estimate of drug-likeness (QED) is 0.895. The number of nitrogens with zero attached hydrogens (tertiary/aromatic N) is 3. The molecule has 0 aliphatic heterocycles. The second-order valence-electron chi connectivity index (χ2n) is 4.57. The van der Waals surface area contributed by atoms with Crippen LogP contribution in [0.15, 0.2) is 0 Å². The number of halogens is 1. The van der Waals surface area contributed by atoms with E-state index in [9.17, 15) is 0 Å². The lowest BCUT2D eigenvalue weighted by Gasteiger charge is -2.38. The normalized spacial score (nSPS) is 15.8. The summed E-state index contributed by atoms with van der Waals surface area (Å²) in [4.78, 5) is 2.16. The van der Waals surface area contributed by atoms with Gasteiger partial charge in [-0.05, 0) is 44.2 Å². The van der Waals surface area contributed by atoms with Crippen LogP contribution in [0.3, 0.4) is 0 Å². The van der Waals surface area contributed by atoms with Gasteiger partial charge in [0.2, 0.25) is 0 Å². The smallest absolute Gasteiger partial charge is 0.155 e. The molecule has 1 N–H and O–H groups in total. The van der Waals surface area contributed by atoms with Gasteiger partial charge in [-0.3, -0.25) is 0 Å². The molecule has 0 bridgehead atoms. The molecular weight excluding hydrogens is 238 g/mol. The fourth-order valence-corrected chi connectivity index (χ4v) is 2.28. The molecule has 1 heterocycles. The Balaban J connectivity index is 2.31. The monoisotopic (exact) mass is 255 g/mol. The van der Waals surface area contributed by atoms with Crippen LogP contribution in [0.1, 0.15) is 30.4 Å². The molecule has 0 radical (unpaired) electrons. The van der Waals surface area contributed by atoms with Crippen LogP contribution in [0.4, 0.5) is 5.82 Å². The molecular formula is C12H18ClN3O. The van der Waals surface area contributed by atoms with Crippen molar-refractivity contribution in [3.63, 3.8) is 0 Å². The van der Waals surface area contributed by atoms with E-state index < -0.39 is 0 Å². The number of aliphatic hydroxyl groups is 1. The number of hydrogen-bond donors (Lipinski definition) is 1. The van der Waals surface area contributed by atoms with E-state index in [2.05, 4.69) is 15.1 Å². The Morgan fingerprint density at radius 2 is 2.00 bits per heavy atom. The second-order valence-corrected chi connectivity index (χ2v) is 4.92. The molecule has 2 rings (SSSR count). The molecule has 4 nitrogen and oxygen atoms in total. The van der Waals surface area contributed by atoms with Gasteiger partial charge in [-0.25, -0.2) is 0 Å². The van der Waals surface area contributed by atoms with Crippen LogP contribution in [0, 0.1) is 13.8 Å². The topological polar surface area (TPSA) is 49.2 Å². The van der Waals surface area contributed by atoms with Crippen molar-refractivity contribution in [1.29, 1.82) is 0 Å². The predicted molar refractivity (Wildman–Crippen MR) is 68.6 cm³/mol. The zero-order valence-corrected chi connectivity index (χ0v) is 11.0. The highest BCUT2D eigenvalue weighted by atomic mass is 35.5. The molecule has 1 fully saturated rings. The Hall–Kier alpha value is -0.870. The maximum atomic E-state index is 9.17. The first-order valence-corrected chi connectivity index (χ1v) is 6.39. The van der Waals surface area contributed by atoms with Gasteiger partial charge in [0.1, 0.15) is 0 Å². The SMILES string of the molecule is Cc1c(Cl)nnc(N(CCO)C2CCC2)c1C. The number of aliphatic hydroxyl groups excluding tert-OH is 1. The average molecular weight is 256 g/mol. The highest BCUT2D eigenvalue weighted by Crippen LogP contribution is 2.31. The molecule has 1 aromatic rings. The number of aromatic nitrogens is 2. The van der Waals surface area contributed by atoms with Crippen molar-refractivity contribution < 1.29 is 5.11 Å². The molecule has 1 aliphatic rings. The molecule has 1 saturated carbocycles. The average Bonchev–Trinajstić information content (AvgIpc) is 2.23. The molecule has 0 aromatic carbocycles. The number of rotatable bonds is 4. The third-order valence-corrected chi connectivity index (χ3v) is 3.93. The lowest BCUT2D eigenvalue weighted by Crippen LogP contribution is -2.43. The van der Waals surface area contributed by atoms with Gasteiger partial charge in [0.05, 0.1) is 6.61 Å². The van der Waals surface area contributed by atoms with E-state index in [1.165, 1.54) is 19.3 Å². The van der Waals surface area contributed by atoms with Gasteiger partial charge >= 0.3 is 0 Å². The van der Waals surface area contributed by atoms with Crippen molar-refractivity contribution >= 4 is 17.4 Å². The van der Waals surface area contributed by atoms with E-state index in [0.717, 1.165) is 16.9 Å². The largest absolute Gasteiger partial charge is 0.395 e. The number of hydrogen-bond acceptors (Lipinski definition) is 4. The van der Waals surface area contributed by atoms with Gasteiger partial charge in [0.25, 0.3) is 0 Å². The third-order valence-electron chi connectivity index (χ3n) is 3.57. The fourth-order valence-electron chi connectivity index (χ4n) is 2.10.